The summed E-state index contributed by atoms with van der Waals surface area (Å²) in [6.45, 7) is 0.593. The highest BCUT2D eigenvalue weighted by molar-refractivity contribution is 5.69. The fraction of sp³-hybridized carbons (Fsp3) is 0.231. The summed E-state index contributed by atoms with van der Waals surface area (Å²) in [5.41, 5.74) is 1.98. The van der Waals surface area contributed by atoms with Crippen molar-refractivity contribution in [2.75, 3.05) is 13.6 Å². The number of aliphatic carboxylic acids is 1. The number of carbonyl (C=O) groups is 1. The lowest BCUT2D eigenvalue weighted by molar-refractivity contribution is -0.138. The molecule has 0 unspecified atom stereocenters. The third-order valence-corrected chi connectivity index (χ3v) is 2.51. The van der Waals surface area contributed by atoms with Gasteiger partial charge in [0.1, 0.15) is 0 Å². The Balaban J connectivity index is 2.05. The molecule has 0 saturated carbocycles. The number of carboxylic acids is 1. The summed E-state index contributed by atoms with van der Waals surface area (Å²) in [7, 11) is 1.77. The molecular formula is C13H15N3O2. The highest BCUT2D eigenvalue weighted by Crippen LogP contribution is 2.08. The lowest BCUT2D eigenvalue weighted by Gasteiger charge is -2.11. The van der Waals surface area contributed by atoms with Crippen LogP contribution < -0.4 is 0 Å². The van der Waals surface area contributed by atoms with E-state index < -0.39 is 5.97 Å². The molecule has 0 radical (unpaired) electrons. The van der Waals surface area contributed by atoms with Gasteiger partial charge in [0.15, 0.2) is 0 Å². The van der Waals surface area contributed by atoms with Gasteiger partial charge in [0.25, 0.3) is 0 Å². The summed E-state index contributed by atoms with van der Waals surface area (Å²) >= 11 is 0. The molecule has 2 aromatic rings. The van der Waals surface area contributed by atoms with Gasteiger partial charge in [0, 0.05) is 18.3 Å². The molecule has 1 aromatic heterocycles. The van der Waals surface area contributed by atoms with E-state index in [1.165, 1.54) is 0 Å². The maximum absolute atomic E-state index is 10.6. The van der Waals surface area contributed by atoms with Crippen molar-refractivity contribution in [3.05, 3.63) is 48.3 Å². The summed E-state index contributed by atoms with van der Waals surface area (Å²) < 4.78 is 1.78. The summed E-state index contributed by atoms with van der Waals surface area (Å²) in [5.74, 6) is -0.826. The van der Waals surface area contributed by atoms with Gasteiger partial charge in [-0.25, -0.2) is 4.68 Å². The van der Waals surface area contributed by atoms with Crippen LogP contribution in [0.15, 0.2) is 42.7 Å². The number of carboxylic acid groups (broad SMARTS) is 1. The van der Waals surface area contributed by atoms with E-state index in [1.807, 2.05) is 36.5 Å². The molecule has 1 heterocycles. The normalized spacial score (nSPS) is 10.8. The molecule has 0 aliphatic carbocycles. The zero-order valence-corrected chi connectivity index (χ0v) is 10.2. The van der Waals surface area contributed by atoms with Gasteiger partial charge >= 0.3 is 5.97 Å². The molecule has 0 aliphatic heterocycles. The van der Waals surface area contributed by atoms with Crippen LogP contribution in [0.1, 0.15) is 5.56 Å². The maximum Gasteiger partial charge on any atom is 0.317 e. The van der Waals surface area contributed by atoms with Gasteiger partial charge in [-0.1, -0.05) is 18.2 Å². The molecule has 0 amide bonds. The Morgan fingerprint density at radius 1 is 1.39 bits per heavy atom. The van der Waals surface area contributed by atoms with Crippen LogP contribution in [0.3, 0.4) is 0 Å². The number of nitrogens with zero attached hydrogens (tertiary/aromatic N) is 3. The molecule has 1 N–H and O–H groups in total. The molecule has 0 aliphatic rings. The lowest BCUT2D eigenvalue weighted by atomic mass is 10.3. The Hall–Kier alpha value is -2.14. The third-order valence-electron chi connectivity index (χ3n) is 2.51. The first-order chi connectivity index (χ1) is 8.65. The Labute approximate surface area is 105 Å². The van der Waals surface area contributed by atoms with Crippen molar-refractivity contribution in [2.45, 2.75) is 6.54 Å². The minimum atomic E-state index is -0.826. The molecule has 2 rings (SSSR count). The van der Waals surface area contributed by atoms with E-state index in [9.17, 15) is 4.79 Å². The first-order valence-corrected chi connectivity index (χ1v) is 5.64. The molecule has 0 saturated heterocycles. The zero-order chi connectivity index (χ0) is 13.0. The van der Waals surface area contributed by atoms with Crippen molar-refractivity contribution >= 4 is 5.97 Å². The molecule has 0 spiro atoms. The van der Waals surface area contributed by atoms with Crippen molar-refractivity contribution in [1.82, 2.24) is 14.7 Å². The fourth-order valence-corrected chi connectivity index (χ4v) is 1.76. The number of hydrogen-bond donors (Lipinski definition) is 1. The second kappa shape index (κ2) is 5.46. The van der Waals surface area contributed by atoms with E-state index in [2.05, 4.69) is 5.10 Å². The van der Waals surface area contributed by atoms with E-state index in [1.54, 1.807) is 22.8 Å². The first kappa shape index (κ1) is 12.3. The smallest absolute Gasteiger partial charge is 0.317 e. The van der Waals surface area contributed by atoms with Crippen LogP contribution >= 0.6 is 0 Å². The van der Waals surface area contributed by atoms with E-state index in [4.69, 9.17) is 5.11 Å². The van der Waals surface area contributed by atoms with Gasteiger partial charge in [-0.3, -0.25) is 9.69 Å². The molecule has 5 nitrogen and oxygen atoms in total. The first-order valence-electron chi connectivity index (χ1n) is 5.64. The molecule has 1 aromatic carbocycles. The van der Waals surface area contributed by atoms with Crippen LogP contribution in [-0.4, -0.2) is 39.3 Å². The van der Waals surface area contributed by atoms with Crippen molar-refractivity contribution in [2.24, 2.45) is 0 Å². The highest BCUT2D eigenvalue weighted by Gasteiger charge is 2.07. The van der Waals surface area contributed by atoms with Crippen LogP contribution in [0, 0.1) is 0 Å². The van der Waals surface area contributed by atoms with Crippen molar-refractivity contribution < 1.29 is 9.90 Å². The molecular weight excluding hydrogens is 230 g/mol. The van der Waals surface area contributed by atoms with Gasteiger partial charge in [-0.15, -0.1) is 0 Å². The standard InChI is InChI=1S/C13H15N3O2/c1-15(10-13(17)18)8-11-7-14-16(9-11)12-5-3-2-4-6-12/h2-7,9H,8,10H2,1H3,(H,17,18). The Bertz CT molecular complexity index is 522. The average molecular weight is 245 g/mol. The molecule has 5 heteroatoms. The third kappa shape index (κ3) is 3.18. The quantitative estimate of drug-likeness (QED) is 0.864. The second-order valence-corrected chi connectivity index (χ2v) is 4.19. The Kier molecular flexibility index (Phi) is 3.74. The van der Waals surface area contributed by atoms with Gasteiger partial charge in [0.05, 0.1) is 18.4 Å². The van der Waals surface area contributed by atoms with Crippen LogP contribution in [0.4, 0.5) is 0 Å². The van der Waals surface area contributed by atoms with Crippen LogP contribution in [0.2, 0.25) is 0 Å². The summed E-state index contributed by atoms with van der Waals surface area (Å²) in [6.07, 6.45) is 3.67. The van der Waals surface area contributed by atoms with Crippen LogP contribution in [0.25, 0.3) is 5.69 Å². The van der Waals surface area contributed by atoms with E-state index in [0.717, 1.165) is 11.3 Å². The van der Waals surface area contributed by atoms with Crippen molar-refractivity contribution in [3.63, 3.8) is 0 Å². The molecule has 94 valence electrons. The zero-order valence-electron chi connectivity index (χ0n) is 10.2. The van der Waals surface area contributed by atoms with E-state index in [0.29, 0.717) is 6.54 Å². The number of hydrogen-bond acceptors (Lipinski definition) is 3. The SMILES string of the molecule is CN(CC(=O)O)Cc1cnn(-c2ccccc2)c1. The van der Waals surface area contributed by atoms with Gasteiger partial charge in [-0.05, 0) is 19.2 Å². The molecule has 18 heavy (non-hydrogen) atoms. The maximum atomic E-state index is 10.6. The molecule has 0 fully saturated rings. The minimum Gasteiger partial charge on any atom is -0.480 e. The summed E-state index contributed by atoms with van der Waals surface area (Å²) in [4.78, 5) is 12.3. The average Bonchev–Trinajstić information content (AvgIpc) is 2.77. The van der Waals surface area contributed by atoms with Gasteiger partial charge < -0.3 is 5.11 Å². The van der Waals surface area contributed by atoms with Crippen molar-refractivity contribution in [1.29, 1.82) is 0 Å². The highest BCUT2D eigenvalue weighted by atomic mass is 16.4. The number of benzene rings is 1. The van der Waals surface area contributed by atoms with Crippen molar-refractivity contribution in [3.8, 4) is 5.69 Å². The number of rotatable bonds is 5. The summed E-state index contributed by atoms with van der Waals surface area (Å²) in [5, 5.41) is 12.9. The molecule has 0 atom stereocenters. The monoisotopic (exact) mass is 245 g/mol. The minimum absolute atomic E-state index is 0.0243. The predicted octanol–water partition coefficient (Wildman–Crippen LogP) is 1.39. The van der Waals surface area contributed by atoms with Crippen LogP contribution in [-0.2, 0) is 11.3 Å². The Morgan fingerprint density at radius 2 is 2.11 bits per heavy atom. The van der Waals surface area contributed by atoms with E-state index >= 15 is 0 Å². The van der Waals surface area contributed by atoms with E-state index in [-0.39, 0.29) is 6.54 Å². The topological polar surface area (TPSA) is 58.4 Å². The largest absolute Gasteiger partial charge is 0.480 e. The Morgan fingerprint density at radius 3 is 2.78 bits per heavy atom. The predicted molar refractivity (Wildman–Crippen MR) is 67.5 cm³/mol. The fourth-order valence-electron chi connectivity index (χ4n) is 1.76. The second-order valence-electron chi connectivity index (χ2n) is 4.19. The van der Waals surface area contributed by atoms with Gasteiger partial charge in [0.2, 0.25) is 0 Å². The summed E-state index contributed by atoms with van der Waals surface area (Å²) in [6, 6.07) is 9.80. The molecule has 0 bridgehead atoms. The lowest BCUT2D eigenvalue weighted by Crippen LogP contribution is -2.24. The van der Waals surface area contributed by atoms with Gasteiger partial charge in [-0.2, -0.15) is 5.10 Å². The van der Waals surface area contributed by atoms with Crippen LogP contribution in [0.5, 0.6) is 0 Å². The number of para-hydroxylation sites is 1. The number of likely N-dealkylation sites (N-methyl/N-ethyl adjacent to an activating group) is 1. The number of aromatic nitrogens is 2.